The van der Waals surface area contributed by atoms with Crippen LogP contribution in [0.1, 0.15) is 6.92 Å². The van der Waals surface area contributed by atoms with Gasteiger partial charge in [-0.25, -0.2) is 0 Å². The van der Waals surface area contributed by atoms with Gasteiger partial charge in [0, 0.05) is 25.6 Å². The van der Waals surface area contributed by atoms with Crippen LogP contribution in [0.3, 0.4) is 0 Å². The largest absolute Gasteiger partial charge is 0.488 e. The molecule has 0 fully saturated rings. The van der Waals surface area contributed by atoms with Gasteiger partial charge in [-0.2, -0.15) is 0 Å². The fourth-order valence-electron chi connectivity index (χ4n) is 1.77. The summed E-state index contributed by atoms with van der Waals surface area (Å²) in [6.07, 6.45) is 1.99. The van der Waals surface area contributed by atoms with Gasteiger partial charge in [0.1, 0.15) is 19.0 Å². The van der Waals surface area contributed by atoms with Crippen LogP contribution in [0.15, 0.2) is 30.5 Å². The number of aromatic nitrogens is 1. The Morgan fingerprint density at radius 2 is 2.12 bits per heavy atom. The summed E-state index contributed by atoms with van der Waals surface area (Å²) in [4.78, 5) is 10.6. The standard InChI is InChI=1S/C13H15NO3/c1-10(15)16-8-9-17-12-5-3-4-11-6-7-14(2)13(11)12/h3-7H,8-9H2,1-2H3. The number of para-hydroxylation sites is 1. The molecule has 90 valence electrons. The van der Waals surface area contributed by atoms with E-state index in [1.54, 1.807) is 0 Å². The molecular weight excluding hydrogens is 218 g/mol. The first kappa shape index (κ1) is 11.5. The van der Waals surface area contributed by atoms with Crippen LogP contribution < -0.4 is 4.74 Å². The molecule has 0 aliphatic heterocycles. The number of benzene rings is 1. The Morgan fingerprint density at radius 3 is 2.88 bits per heavy atom. The van der Waals surface area contributed by atoms with Crippen molar-refractivity contribution >= 4 is 16.9 Å². The third-order valence-electron chi connectivity index (χ3n) is 2.51. The molecule has 4 nitrogen and oxygen atoms in total. The third kappa shape index (κ3) is 2.58. The smallest absolute Gasteiger partial charge is 0.302 e. The minimum Gasteiger partial charge on any atom is -0.488 e. The predicted octanol–water partition coefficient (Wildman–Crippen LogP) is 2.12. The predicted molar refractivity (Wildman–Crippen MR) is 65.0 cm³/mol. The molecule has 0 saturated carbocycles. The second kappa shape index (κ2) is 4.91. The van der Waals surface area contributed by atoms with Gasteiger partial charge in [0.05, 0.1) is 5.52 Å². The van der Waals surface area contributed by atoms with Crippen molar-refractivity contribution in [3.8, 4) is 5.75 Å². The van der Waals surface area contributed by atoms with Crippen LogP contribution in [-0.2, 0) is 16.6 Å². The number of hydrogen-bond acceptors (Lipinski definition) is 3. The van der Waals surface area contributed by atoms with Gasteiger partial charge >= 0.3 is 5.97 Å². The first-order chi connectivity index (χ1) is 8.18. The molecule has 0 saturated heterocycles. The summed E-state index contributed by atoms with van der Waals surface area (Å²) < 4.78 is 12.4. The number of aryl methyl sites for hydroxylation is 1. The minimum absolute atomic E-state index is 0.274. The van der Waals surface area contributed by atoms with Crippen LogP contribution in [0.25, 0.3) is 10.9 Å². The fourth-order valence-corrected chi connectivity index (χ4v) is 1.77. The molecule has 2 aromatic rings. The highest BCUT2D eigenvalue weighted by atomic mass is 16.6. The average Bonchev–Trinajstić information content (AvgIpc) is 2.67. The lowest BCUT2D eigenvalue weighted by Crippen LogP contribution is -2.09. The molecule has 1 heterocycles. The van der Waals surface area contributed by atoms with Crippen molar-refractivity contribution in [1.29, 1.82) is 0 Å². The number of nitrogens with zero attached hydrogens (tertiary/aromatic N) is 1. The Balaban J connectivity index is 2.08. The summed E-state index contributed by atoms with van der Waals surface area (Å²) >= 11 is 0. The Hall–Kier alpha value is -1.97. The van der Waals surface area contributed by atoms with Crippen molar-refractivity contribution in [3.63, 3.8) is 0 Å². The summed E-state index contributed by atoms with van der Waals surface area (Å²) in [6.45, 7) is 2.03. The molecule has 2 rings (SSSR count). The molecule has 4 heteroatoms. The molecule has 0 N–H and O–H groups in total. The van der Waals surface area contributed by atoms with E-state index in [9.17, 15) is 4.79 Å². The van der Waals surface area contributed by atoms with Crippen molar-refractivity contribution in [2.75, 3.05) is 13.2 Å². The number of carbonyl (C=O) groups excluding carboxylic acids is 1. The van der Waals surface area contributed by atoms with Gasteiger partial charge in [0.25, 0.3) is 0 Å². The van der Waals surface area contributed by atoms with Gasteiger partial charge in [-0.3, -0.25) is 4.79 Å². The SMILES string of the molecule is CC(=O)OCCOc1cccc2ccn(C)c12. The van der Waals surface area contributed by atoms with Crippen molar-refractivity contribution in [1.82, 2.24) is 4.57 Å². The van der Waals surface area contributed by atoms with E-state index in [-0.39, 0.29) is 12.6 Å². The molecule has 17 heavy (non-hydrogen) atoms. The van der Waals surface area contributed by atoms with Gasteiger partial charge in [-0.15, -0.1) is 0 Å². The van der Waals surface area contributed by atoms with E-state index in [2.05, 4.69) is 0 Å². The zero-order chi connectivity index (χ0) is 12.3. The average molecular weight is 233 g/mol. The quantitative estimate of drug-likeness (QED) is 0.600. The molecule has 0 unspecified atom stereocenters. The summed E-state index contributed by atoms with van der Waals surface area (Å²) in [5.41, 5.74) is 1.05. The molecular formula is C13H15NO3. The molecule has 0 atom stereocenters. The van der Waals surface area contributed by atoms with E-state index in [0.717, 1.165) is 16.7 Å². The molecule has 0 aliphatic rings. The highest BCUT2D eigenvalue weighted by Gasteiger charge is 2.05. The topological polar surface area (TPSA) is 40.5 Å². The number of carbonyl (C=O) groups is 1. The Bertz CT molecular complexity index is 530. The minimum atomic E-state index is -0.286. The molecule has 0 amide bonds. The summed E-state index contributed by atoms with van der Waals surface area (Å²) in [7, 11) is 1.97. The maximum absolute atomic E-state index is 10.6. The van der Waals surface area contributed by atoms with Gasteiger partial charge in [-0.05, 0) is 12.1 Å². The van der Waals surface area contributed by atoms with Gasteiger partial charge in [0.2, 0.25) is 0 Å². The van der Waals surface area contributed by atoms with Crippen LogP contribution in [0, 0.1) is 0 Å². The van der Waals surface area contributed by atoms with Crippen molar-refractivity contribution < 1.29 is 14.3 Å². The Morgan fingerprint density at radius 1 is 1.29 bits per heavy atom. The van der Waals surface area contributed by atoms with Crippen LogP contribution >= 0.6 is 0 Å². The lowest BCUT2D eigenvalue weighted by Gasteiger charge is -2.09. The van der Waals surface area contributed by atoms with E-state index in [4.69, 9.17) is 9.47 Å². The van der Waals surface area contributed by atoms with Crippen molar-refractivity contribution in [2.24, 2.45) is 7.05 Å². The molecule has 0 spiro atoms. The second-order valence-electron chi connectivity index (χ2n) is 3.81. The van der Waals surface area contributed by atoms with Crippen LogP contribution in [-0.4, -0.2) is 23.8 Å². The van der Waals surface area contributed by atoms with Crippen LogP contribution in [0.2, 0.25) is 0 Å². The second-order valence-corrected chi connectivity index (χ2v) is 3.81. The first-order valence-electron chi connectivity index (χ1n) is 5.48. The lowest BCUT2D eigenvalue weighted by molar-refractivity contribution is -0.141. The maximum Gasteiger partial charge on any atom is 0.302 e. The lowest BCUT2D eigenvalue weighted by atomic mass is 10.2. The zero-order valence-corrected chi connectivity index (χ0v) is 9.97. The van der Waals surface area contributed by atoms with E-state index >= 15 is 0 Å². The molecule has 0 radical (unpaired) electrons. The van der Waals surface area contributed by atoms with Gasteiger partial charge in [-0.1, -0.05) is 12.1 Å². The normalized spacial score (nSPS) is 10.5. The van der Waals surface area contributed by atoms with E-state index in [1.807, 2.05) is 42.1 Å². The van der Waals surface area contributed by atoms with Crippen LogP contribution in [0.5, 0.6) is 5.75 Å². The highest BCUT2D eigenvalue weighted by Crippen LogP contribution is 2.25. The van der Waals surface area contributed by atoms with Gasteiger partial charge < -0.3 is 14.0 Å². The summed E-state index contributed by atoms with van der Waals surface area (Å²) in [5.74, 6) is 0.521. The molecule has 0 bridgehead atoms. The van der Waals surface area contributed by atoms with E-state index < -0.39 is 0 Å². The van der Waals surface area contributed by atoms with Crippen molar-refractivity contribution in [3.05, 3.63) is 30.5 Å². The third-order valence-corrected chi connectivity index (χ3v) is 2.51. The highest BCUT2D eigenvalue weighted by molar-refractivity contribution is 5.85. The molecule has 1 aromatic carbocycles. The number of fused-ring (bicyclic) bond motifs is 1. The monoisotopic (exact) mass is 233 g/mol. The van der Waals surface area contributed by atoms with Gasteiger partial charge in [0.15, 0.2) is 0 Å². The zero-order valence-electron chi connectivity index (χ0n) is 9.97. The number of ether oxygens (including phenoxy) is 2. The first-order valence-corrected chi connectivity index (χ1v) is 5.48. The molecule has 1 aromatic heterocycles. The Labute approximate surface area is 99.7 Å². The number of esters is 1. The number of hydrogen-bond donors (Lipinski definition) is 0. The summed E-state index contributed by atoms with van der Waals surface area (Å²) in [6, 6.07) is 7.93. The Kier molecular flexibility index (Phi) is 3.32. The van der Waals surface area contributed by atoms with Crippen LogP contribution in [0.4, 0.5) is 0 Å². The summed E-state index contributed by atoms with van der Waals surface area (Å²) in [5, 5.41) is 1.14. The van der Waals surface area contributed by atoms with E-state index in [1.165, 1.54) is 6.92 Å². The van der Waals surface area contributed by atoms with Crippen molar-refractivity contribution in [2.45, 2.75) is 6.92 Å². The number of rotatable bonds is 4. The fraction of sp³-hybridized carbons (Fsp3) is 0.308. The van der Waals surface area contributed by atoms with E-state index in [0.29, 0.717) is 6.61 Å². The maximum atomic E-state index is 10.6. The molecule has 0 aliphatic carbocycles.